The maximum atomic E-state index is 3.76. The molecule has 1 heterocycles. The molecule has 17 heavy (non-hydrogen) atoms. The van der Waals surface area contributed by atoms with Crippen LogP contribution in [0.25, 0.3) is 0 Å². The lowest BCUT2D eigenvalue weighted by atomic mass is 9.94. The minimum absolute atomic E-state index is 0.334. The Labute approximate surface area is 126 Å². The normalized spacial score (nSPS) is 20.4. The lowest BCUT2D eigenvalue weighted by Gasteiger charge is -2.29. The zero-order valence-electron chi connectivity index (χ0n) is 10.7. The average Bonchev–Trinajstić information content (AvgIpc) is 2.67. The Morgan fingerprint density at radius 2 is 2.35 bits per heavy atom. The fourth-order valence-electron chi connectivity index (χ4n) is 2.17. The summed E-state index contributed by atoms with van der Waals surface area (Å²) in [5, 5.41) is 3.76. The zero-order chi connectivity index (χ0) is 12.5. The molecule has 1 unspecified atom stereocenters. The van der Waals surface area contributed by atoms with Crippen LogP contribution >= 0.6 is 45.7 Å². The largest absolute Gasteiger partial charge is 0.309 e. The van der Waals surface area contributed by atoms with Crippen LogP contribution in [0.15, 0.2) is 6.07 Å². The van der Waals surface area contributed by atoms with Crippen molar-refractivity contribution in [1.29, 1.82) is 0 Å². The maximum absolute atomic E-state index is 3.76. The van der Waals surface area contributed by atoms with Crippen LogP contribution in [0.1, 0.15) is 43.2 Å². The standard InChI is InChI=1S/C13H20INS2/c1-13(2,16-3)8-15-10-5-4-6-11-9(10)7-12(14)17-11/h7,10,15H,4-6,8H2,1-3H3. The predicted molar refractivity (Wildman–Crippen MR) is 88.3 cm³/mol. The van der Waals surface area contributed by atoms with Crippen molar-refractivity contribution < 1.29 is 0 Å². The molecule has 0 bridgehead atoms. The molecule has 1 N–H and O–H groups in total. The van der Waals surface area contributed by atoms with E-state index in [2.05, 4.69) is 54.1 Å². The van der Waals surface area contributed by atoms with Gasteiger partial charge >= 0.3 is 0 Å². The molecule has 1 aliphatic rings. The molecule has 0 radical (unpaired) electrons. The van der Waals surface area contributed by atoms with Crippen LogP contribution in [-0.4, -0.2) is 17.5 Å². The Morgan fingerprint density at radius 1 is 1.59 bits per heavy atom. The first-order chi connectivity index (χ1) is 8.02. The SMILES string of the molecule is CSC(C)(C)CNC1CCCc2sc(I)cc21. The summed E-state index contributed by atoms with van der Waals surface area (Å²) in [4.78, 5) is 1.61. The Bertz CT molecular complexity index is 387. The minimum Gasteiger partial charge on any atom is -0.309 e. The van der Waals surface area contributed by atoms with Crippen molar-refractivity contribution in [2.45, 2.75) is 43.9 Å². The summed E-state index contributed by atoms with van der Waals surface area (Å²) in [7, 11) is 0. The molecule has 0 fully saturated rings. The van der Waals surface area contributed by atoms with Gasteiger partial charge in [-0.05, 0) is 73.6 Å². The number of rotatable bonds is 4. The minimum atomic E-state index is 0.334. The molecule has 0 amide bonds. The van der Waals surface area contributed by atoms with Gasteiger partial charge in [0.25, 0.3) is 0 Å². The van der Waals surface area contributed by atoms with Crippen LogP contribution in [0.3, 0.4) is 0 Å². The fourth-order valence-corrected chi connectivity index (χ4v) is 4.52. The zero-order valence-corrected chi connectivity index (χ0v) is 14.5. The van der Waals surface area contributed by atoms with E-state index in [1.807, 2.05) is 23.1 Å². The van der Waals surface area contributed by atoms with Crippen LogP contribution in [0.2, 0.25) is 0 Å². The quantitative estimate of drug-likeness (QED) is 0.773. The second-order valence-corrected chi connectivity index (χ2v) is 9.76. The number of hydrogen-bond donors (Lipinski definition) is 1. The fraction of sp³-hybridized carbons (Fsp3) is 0.692. The third-order valence-corrected chi connectivity index (χ3v) is 6.63. The van der Waals surface area contributed by atoms with Gasteiger partial charge in [-0.1, -0.05) is 0 Å². The van der Waals surface area contributed by atoms with Gasteiger partial charge in [0.05, 0.1) is 2.88 Å². The molecule has 4 heteroatoms. The molecule has 0 spiro atoms. The first-order valence-corrected chi connectivity index (χ1v) is 9.20. The molecular formula is C13H20INS2. The van der Waals surface area contributed by atoms with Crippen LogP contribution in [0.5, 0.6) is 0 Å². The highest BCUT2D eigenvalue weighted by atomic mass is 127. The van der Waals surface area contributed by atoms with Gasteiger partial charge in [0.2, 0.25) is 0 Å². The average molecular weight is 381 g/mol. The highest BCUT2D eigenvalue weighted by molar-refractivity contribution is 14.1. The van der Waals surface area contributed by atoms with Gasteiger partial charge in [0, 0.05) is 22.2 Å². The Morgan fingerprint density at radius 3 is 3.06 bits per heavy atom. The lowest BCUT2D eigenvalue weighted by Crippen LogP contribution is -2.35. The maximum Gasteiger partial charge on any atom is 0.0659 e. The molecule has 0 aliphatic heterocycles. The topological polar surface area (TPSA) is 12.0 Å². The van der Waals surface area contributed by atoms with Crippen molar-refractivity contribution in [3.8, 4) is 0 Å². The summed E-state index contributed by atoms with van der Waals surface area (Å²) in [6.45, 7) is 5.71. The molecule has 0 saturated heterocycles. The molecule has 1 aliphatic carbocycles. The van der Waals surface area contributed by atoms with E-state index in [1.54, 1.807) is 10.4 Å². The van der Waals surface area contributed by atoms with Crippen molar-refractivity contribution in [2.24, 2.45) is 0 Å². The van der Waals surface area contributed by atoms with E-state index in [-0.39, 0.29) is 0 Å². The van der Waals surface area contributed by atoms with Crippen LogP contribution in [0, 0.1) is 2.88 Å². The van der Waals surface area contributed by atoms with Crippen molar-refractivity contribution in [1.82, 2.24) is 5.32 Å². The van der Waals surface area contributed by atoms with E-state index in [0.29, 0.717) is 10.8 Å². The van der Waals surface area contributed by atoms with Gasteiger partial charge in [-0.3, -0.25) is 0 Å². The first kappa shape index (κ1) is 14.2. The van der Waals surface area contributed by atoms with Crippen molar-refractivity contribution >= 4 is 45.7 Å². The summed E-state index contributed by atoms with van der Waals surface area (Å²) >= 11 is 6.36. The van der Waals surface area contributed by atoms with E-state index < -0.39 is 0 Å². The Hall–Kier alpha value is 0.740. The van der Waals surface area contributed by atoms with Crippen LogP contribution in [0.4, 0.5) is 0 Å². The number of thiophene rings is 1. The number of thioether (sulfide) groups is 1. The van der Waals surface area contributed by atoms with Gasteiger partial charge < -0.3 is 5.32 Å². The number of fused-ring (bicyclic) bond motifs is 1. The smallest absolute Gasteiger partial charge is 0.0659 e. The highest BCUT2D eigenvalue weighted by Crippen LogP contribution is 2.36. The first-order valence-electron chi connectivity index (χ1n) is 6.08. The molecule has 1 atom stereocenters. The second kappa shape index (κ2) is 5.80. The van der Waals surface area contributed by atoms with E-state index in [4.69, 9.17) is 0 Å². The van der Waals surface area contributed by atoms with E-state index >= 15 is 0 Å². The summed E-state index contributed by atoms with van der Waals surface area (Å²) in [6.07, 6.45) is 6.11. The number of halogens is 1. The lowest BCUT2D eigenvalue weighted by molar-refractivity contribution is 0.443. The highest BCUT2D eigenvalue weighted by Gasteiger charge is 2.24. The monoisotopic (exact) mass is 381 g/mol. The van der Waals surface area contributed by atoms with Crippen molar-refractivity contribution in [2.75, 3.05) is 12.8 Å². The number of nitrogens with one attached hydrogen (secondary N) is 1. The molecule has 96 valence electrons. The van der Waals surface area contributed by atoms with Crippen molar-refractivity contribution in [3.05, 3.63) is 19.4 Å². The Balaban J connectivity index is 2.03. The second-order valence-electron chi connectivity index (χ2n) is 5.22. The summed E-state index contributed by atoms with van der Waals surface area (Å²) in [5.41, 5.74) is 1.57. The van der Waals surface area contributed by atoms with E-state index in [0.717, 1.165) is 6.54 Å². The van der Waals surface area contributed by atoms with Crippen LogP contribution < -0.4 is 5.32 Å². The summed E-state index contributed by atoms with van der Waals surface area (Å²) < 4.78 is 1.77. The van der Waals surface area contributed by atoms with Crippen molar-refractivity contribution in [3.63, 3.8) is 0 Å². The molecule has 1 aromatic heterocycles. The van der Waals surface area contributed by atoms with E-state index in [1.165, 1.54) is 22.1 Å². The number of hydrogen-bond acceptors (Lipinski definition) is 3. The molecule has 1 nitrogen and oxygen atoms in total. The molecule has 0 saturated carbocycles. The molecule has 0 aromatic carbocycles. The summed E-state index contributed by atoms with van der Waals surface area (Å²) in [6, 6.07) is 2.97. The van der Waals surface area contributed by atoms with Gasteiger partial charge in [0.15, 0.2) is 0 Å². The van der Waals surface area contributed by atoms with Gasteiger partial charge in [-0.25, -0.2) is 0 Å². The molecule has 1 aromatic rings. The van der Waals surface area contributed by atoms with Crippen LogP contribution in [-0.2, 0) is 6.42 Å². The van der Waals surface area contributed by atoms with E-state index in [9.17, 15) is 0 Å². The third-order valence-electron chi connectivity index (χ3n) is 3.41. The van der Waals surface area contributed by atoms with Gasteiger partial charge in [-0.15, -0.1) is 11.3 Å². The Kier molecular flexibility index (Phi) is 4.83. The number of aryl methyl sites for hydroxylation is 1. The summed E-state index contributed by atoms with van der Waals surface area (Å²) in [5.74, 6) is 0. The third kappa shape index (κ3) is 3.61. The molecular weight excluding hydrogens is 361 g/mol. The van der Waals surface area contributed by atoms with Gasteiger partial charge in [-0.2, -0.15) is 11.8 Å². The molecule has 2 rings (SSSR count). The van der Waals surface area contributed by atoms with Gasteiger partial charge in [0.1, 0.15) is 0 Å². The predicted octanol–water partition coefficient (Wildman–Crippen LogP) is 4.46.